The molecule has 2 heterocycles. The maximum atomic E-state index is 12.1. The van der Waals surface area contributed by atoms with E-state index < -0.39 is 0 Å². The zero-order valence-corrected chi connectivity index (χ0v) is 11.8. The Bertz CT molecular complexity index is 569. The number of amides is 1. The van der Waals surface area contributed by atoms with Crippen molar-refractivity contribution in [1.82, 2.24) is 10.2 Å². The molecule has 1 amide bonds. The van der Waals surface area contributed by atoms with Crippen LogP contribution in [0.25, 0.3) is 0 Å². The van der Waals surface area contributed by atoms with Crippen LogP contribution in [0.2, 0.25) is 0 Å². The Hall–Kier alpha value is -1.62. The molecule has 0 fully saturated rings. The highest BCUT2D eigenvalue weighted by Crippen LogP contribution is 2.22. The van der Waals surface area contributed by atoms with E-state index in [2.05, 4.69) is 29.4 Å². The summed E-state index contributed by atoms with van der Waals surface area (Å²) in [5, 5.41) is 9.82. The Kier molecular flexibility index (Phi) is 3.52. The first-order valence-electron chi connectivity index (χ1n) is 5.91. The number of aryl methyl sites for hydroxylation is 2. The van der Waals surface area contributed by atoms with Crippen molar-refractivity contribution in [2.75, 3.05) is 5.32 Å². The molecule has 0 aliphatic heterocycles. The quantitative estimate of drug-likeness (QED) is 0.891. The number of thiophene rings is 1. The van der Waals surface area contributed by atoms with E-state index >= 15 is 0 Å². The second-order valence-electron chi connectivity index (χ2n) is 4.64. The fourth-order valence-electron chi connectivity index (χ4n) is 1.74. The lowest BCUT2D eigenvalue weighted by molar-refractivity contribution is 0.102. The maximum Gasteiger partial charge on any atom is 0.257 e. The number of anilines is 1. The first-order chi connectivity index (χ1) is 8.47. The summed E-state index contributed by atoms with van der Waals surface area (Å²) in [6.07, 6.45) is 0. The molecule has 5 heteroatoms. The molecule has 0 bridgehead atoms. The molecule has 0 atom stereocenters. The highest BCUT2D eigenvalue weighted by atomic mass is 32.1. The third kappa shape index (κ3) is 2.61. The normalized spacial score (nSPS) is 10.9. The zero-order valence-electron chi connectivity index (χ0n) is 11.0. The highest BCUT2D eigenvalue weighted by molar-refractivity contribution is 7.12. The van der Waals surface area contributed by atoms with Gasteiger partial charge in [0.15, 0.2) is 5.82 Å². The molecule has 2 aromatic heterocycles. The number of aromatic nitrogens is 2. The molecule has 0 spiro atoms. The lowest BCUT2D eigenvalue weighted by atomic mass is 10.1. The molecule has 0 unspecified atom stereocenters. The van der Waals surface area contributed by atoms with E-state index in [4.69, 9.17) is 0 Å². The van der Waals surface area contributed by atoms with Crippen molar-refractivity contribution in [3.8, 4) is 0 Å². The van der Waals surface area contributed by atoms with E-state index in [0.29, 0.717) is 11.7 Å². The van der Waals surface area contributed by atoms with Gasteiger partial charge in [0.25, 0.3) is 5.91 Å². The van der Waals surface area contributed by atoms with Crippen molar-refractivity contribution >= 4 is 23.1 Å². The van der Waals surface area contributed by atoms with Crippen LogP contribution < -0.4 is 5.32 Å². The van der Waals surface area contributed by atoms with Crippen molar-refractivity contribution in [3.05, 3.63) is 33.1 Å². The van der Waals surface area contributed by atoms with Crippen molar-refractivity contribution in [1.29, 1.82) is 0 Å². The number of carbonyl (C=O) groups excluding carboxylic acids is 1. The lowest BCUT2D eigenvalue weighted by Gasteiger charge is -2.00. The van der Waals surface area contributed by atoms with Gasteiger partial charge in [-0.05, 0) is 25.8 Å². The van der Waals surface area contributed by atoms with Gasteiger partial charge in [0.2, 0.25) is 0 Å². The van der Waals surface area contributed by atoms with Gasteiger partial charge < -0.3 is 5.32 Å². The van der Waals surface area contributed by atoms with Gasteiger partial charge in [-0.3, -0.25) is 9.89 Å². The summed E-state index contributed by atoms with van der Waals surface area (Å²) in [4.78, 5) is 14.2. The van der Waals surface area contributed by atoms with Crippen LogP contribution in [0.15, 0.2) is 12.1 Å². The number of aromatic amines is 1. The highest BCUT2D eigenvalue weighted by Gasteiger charge is 2.13. The third-order valence-electron chi connectivity index (χ3n) is 2.75. The summed E-state index contributed by atoms with van der Waals surface area (Å²) < 4.78 is 0. The second kappa shape index (κ2) is 4.94. The molecule has 0 aromatic carbocycles. The van der Waals surface area contributed by atoms with Crippen molar-refractivity contribution < 1.29 is 4.79 Å². The molecule has 0 saturated heterocycles. The van der Waals surface area contributed by atoms with Crippen LogP contribution in [-0.2, 0) is 0 Å². The minimum absolute atomic E-state index is 0.0985. The SMILES string of the molecule is Cc1cc(C(=O)Nc2cc(C(C)C)[nH]n2)c(C)s1. The Labute approximate surface area is 110 Å². The van der Waals surface area contributed by atoms with Crippen molar-refractivity contribution in [2.45, 2.75) is 33.6 Å². The predicted molar refractivity (Wildman–Crippen MR) is 74.4 cm³/mol. The summed E-state index contributed by atoms with van der Waals surface area (Å²) >= 11 is 1.63. The van der Waals surface area contributed by atoms with Gasteiger partial charge in [-0.15, -0.1) is 11.3 Å². The summed E-state index contributed by atoms with van der Waals surface area (Å²) in [6.45, 7) is 8.10. The van der Waals surface area contributed by atoms with Crippen LogP contribution in [-0.4, -0.2) is 16.1 Å². The Morgan fingerprint density at radius 2 is 2.11 bits per heavy atom. The van der Waals surface area contributed by atoms with Gasteiger partial charge in [-0.2, -0.15) is 5.10 Å². The largest absolute Gasteiger partial charge is 0.305 e. The van der Waals surface area contributed by atoms with Crippen LogP contribution in [0.1, 0.15) is 45.6 Å². The van der Waals surface area contributed by atoms with E-state index in [-0.39, 0.29) is 5.91 Å². The molecular formula is C13H17N3OS. The molecular weight excluding hydrogens is 246 g/mol. The number of hydrogen-bond acceptors (Lipinski definition) is 3. The third-order valence-corrected chi connectivity index (χ3v) is 3.71. The average Bonchev–Trinajstić information content (AvgIpc) is 2.85. The smallest absolute Gasteiger partial charge is 0.257 e. The van der Waals surface area contributed by atoms with E-state index in [1.807, 2.05) is 26.0 Å². The van der Waals surface area contributed by atoms with Crippen LogP contribution >= 0.6 is 11.3 Å². The van der Waals surface area contributed by atoms with E-state index in [1.54, 1.807) is 11.3 Å². The molecule has 18 heavy (non-hydrogen) atoms. The van der Waals surface area contributed by atoms with Gasteiger partial charge in [0, 0.05) is 21.5 Å². The minimum Gasteiger partial charge on any atom is -0.305 e. The number of H-pyrrole nitrogens is 1. The van der Waals surface area contributed by atoms with Gasteiger partial charge in [-0.25, -0.2) is 0 Å². The lowest BCUT2D eigenvalue weighted by Crippen LogP contribution is -2.12. The van der Waals surface area contributed by atoms with Gasteiger partial charge in [0.1, 0.15) is 0 Å². The number of carbonyl (C=O) groups is 1. The Balaban J connectivity index is 2.13. The standard InChI is InChI=1S/C13H17N3OS/c1-7(2)11-6-12(16-15-11)14-13(17)10-5-8(3)18-9(10)4/h5-7H,1-4H3,(H2,14,15,16,17). The zero-order chi connectivity index (χ0) is 13.3. The molecule has 2 N–H and O–H groups in total. The number of rotatable bonds is 3. The van der Waals surface area contributed by atoms with Crippen LogP contribution in [0.5, 0.6) is 0 Å². The van der Waals surface area contributed by atoms with Crippen LogP contribution in [0.4, 0.5) is 5.82 Å². The van der Waals surface area contributed by atoms with Crippen molar-refractivity contribution in [2.24, 2.45) is 0 Å². The molecule has 0 saturated carbocycles. The summed E-state index contributed by atoms with van der Waals surface area (Å²) in [5.41, 5.74) is 1.75. The molecule has 0 aliphatic carbocycles. The first-order valence-corrected chi connectivity index (χ1v) is 6.72. The van der Waals surface area contributed by atoms with Crippen LogP contribution in [0, 0.1) is 13.8 Å². The molecule has 4 nitrogen and oxygen atoms in total. The summed E-state index contributed by atoms with van der Waals surface area (Å²) in [6, 6.07) is 3.78. The Morgan fingerprint density at radius 3 is 2.61 bits per heavy atom. The fraction of sp³-hybridized carbons (Fsp3) is 0.385. The molecule has 0 aliphatic rings. The monoisotopic (exact) mass is 263 g/mol. The minimum atomic E-state index is -0.0985. The first kappa shape index (κ1) is 12.8. The number of nitrogens with zero attached hydrogens (tertiary/aromatic N) is 1. The van der Waals surface area contributed by atoms with Gasteiger partial charge >= 0.3 is 0 Å². The molecule has 96 valence electrons. The second-order valence-corrected chi connectivity index (χ2v) is 6.10. The fourth-order valence-corrected chi connectivity index (χ4v) is 2.66. The molecule has 2 aromatic rings. The van der Waals surface area contributed by atoms with E-state index in [1.165, 1.54) is 0 Å². The molecule has 2 rings (SSSR count). The van der Waals surface area contributed by atoms with Crippen LogP contribution in [0.3, 0.4) is 0 Å². The maximum absolute atomic E-state index is 12.1. The topological polar surface area (TPSA) is 57.8 Å². The summed E-state index contributed by atoms with van der Waals surface area (Å²) in [5.74, 6) is 0.846. The predicted octanol–water partition coefficient (Wildman–Crippen LogP) is 3.46. The number of nitrogens with one attached hydrogen (secondary N) is 2. The average molecular weight is 263 g/mol. The van der Waals surface area contributed by atoms with Gasteiger partial charge in [-0.1, -0.05) is 13.8 Å². The van der Waals surface area contributed by atoms with E-state index in [9.17, 15) is 4.79 Å². The van der Waals surface area contributed by atoms with Gasteiger partial charge in [0.05, 0.1) is 5.56 Å². The van der Waals surface area contributed by atoms with E-state index in [0.717, 1.165) is 21.0 Å². The summed E-state index contributed by atoms with van der Waals surface area (Å²) in [7, 11) is 0. The Morgan fingerprint density at radius 1 is 1.39 bits per heavy atom. The number of hydrogen-bond donors (Lipinski definition) is 2. The molecule has 0 radical (unpaired) electrons. The van der Waals surface area contributed by atoms with Crippen molar-refractivity contribution in [3.63, 3.8) is 0 Å².